The van der Waals surface area contributed by atoms with Gasteiger partial charge < -0.3 is 0 Å². The van der Waals surface area contributed by atoms with Crippen molar-refractivity contribution >= 4 is 10.0 Å². The summed E-state index contributed by atoms with van der Waals surface area (Å²) in [7, 11) is -4.03. The van der Waals surface area contributed by atoms with E-state index in [0.717, 1.165) is 6.07 Å². The predicted molar refractivity (Wildman–Crippen MR) is 69.5 cm³/mol. The van der Waals surface area contributed by atoms with Gasteiger partial charge in [0.1, 0.15) is 5.82 Å². The summed E-state index contributed by atoms with van der Waals surface area (Å²) in [5, 5.41) is -0.659. The largest absolute Gasteiger partial charge is 0.261 e. The minimum atomic E-state index is -4.03. The fraction of sp³-hybridized carbons (Fsp3) is 0.154. The van der Waals surface area contributed by atoms with Gasteiger partial charge in [0, 0.05) is 12.7 Å². The zero-order chi connectivity index (χ0) is 14.6. The van der Waals surface area contributed by atoms with Crippen molar-refractivity contribution in [2.75, 3.05) is 6.54 Å². The standard InChI is InChI=1S/C13H12F2N2O2S/c14-11-5-2-1-4-10(11)7-9-17-20(18,19)13-12(15)6-3-8-16-13/h1-6,8,17H,7,9H2. The van der Waals surface area contributed by atoms with E-state index in [0.29, 0.717) is 5.56 Å². The molecule has 1 N–H and O–H groups in total. The minimum Gasteiger partial charge on any atom is -0.241 e. The fourth-order valence-corrected chi connectivity index (χ4v) is 2.69. The molecule has 0 aliphatic carbocycles. The molecule has 106 valence electrons. The summed E-state index contributed by atoms with van der Waals surface area (Å²) in [5.41, 5.74) is 0.386. The van der Waals surface area contributed by atoms with E-state index in [1.165, 1.54) is 18.3 Å². The average molecular weight is 298 g/mol. The van der Waals surface area contributed by atoms with E-state index in [4.69, 9.17) is 0 Å². The lowest BCUT2D eigenvalue weighted by Crippen LogP contribution is -2.27. The van der Waals surface area contributed by atoms with Crippen LogP contribution >= 0.6 is 0 Å². The average Bonchev–Trinajstić information content (AvgIpc) is 2.41. The molecule has 0 radical (unpaired) electrons. The van der Waals surface area contributed by atoms with Crippen LogP contribution in [0.4, 0.5) is 8.78 Å². The Balaban J connectivity index is 2.04. The van der Waals surface area contributed by atoms with Gasteiger partial charge in [-0.3, -0.25) is 0 Å². The molecule has 1 aromatic carbocycles. The molecule has 0 atom stereocenters. The highest BCUT2D eigenvalue weighted by atomic mass is 32.2. The Bertz CT molecular complexity index is 705. The maximum Gasteiger partial charge on any atom is 0.261 e. The molecule has 4 nitrogen and oxygen atoms in total. The highest BCUT2D eigenvalue weighted by molar-refractivity contribution is 7.89. The van der Waals surface area contributed by atoms with Crippen LogP contribution in [0, 0.1) is 11.6 Å². The summed E-state index contributed by atoms with van der Waals surface area (Å²) < 4.78 is 52.5. The van der Waals surface area contributed by atoms with Gasteiger partial charge in [0.25, 0.3) is 10.0 Å². The summed E-state index contributed by atoms with van der Waals surface area (Å²) in [5.74, 6) is -1.33. The molecule has 0 aliphatic rings. The molecule has 7 heteroatoms. The van der Waals surface area contributed by atoms with Gasteiger partial charge >= 0.3 is 0 Å². The van der Waals surface area contributed by atoms with Gasteiger partial charge in [-0.2, -0.15) is 0 Å². The Kier molecular flexibility index (Phi) is 4.41. The first-order valence-corrected chi connectivity index (χ1v) is 7.32. The molecule has 0 bridgehead atoms. The third kappa shape index (κ3) is 3.37. The summed E-state index contributed by atoms with van der Waals surface area (Å²) in [6, 6.07) is 8.37. The summed E-state index contributed by atoms with van der Waals surface area (Å²) in [6.07, 6.45) is 1.36. The van der Waals surface area contributed by atoms with Gasteiger partial charge in [0.15, 0.2) is 5.82 Å². The second-order valence-corrected chi connectivity index (χ2v) is 5.71. The number of rotatable bonds is 5. The normalized spacial score (nSPS) is 11.5. The van der Waals surface area contributed by atoms with Crippen molar-refractivity contribution < 1.29 is 17.2 Å². The summed E-state index contributed by atoms with van der Waals surface area (Å²) in [6.45, 7) is -0.0424. The number of sulfonamides is 1. The van der Waals surface area contributed by atoms with E-state index >= 15 is 0 Å². The molecule has 0 aliphatic heterocycles. The molecule has 1 aromatic heterocycles. The highest BCUT2D eigenvalue weighted by Crippen LogP contribution is 2.10. The Morgan fingerprint density at radius 3 is 2.45 bits per heavy atom. The Hall–Kier alpha value is -1.86. The maximum absolute atomic E-state index is 13.4. The van der Waals surface area contributed by atoms with Crippen molar-refractivity contribution in [3.63, 3.8) is 0 Å². The number of nitrogens with zero attached hydrogens (tertiary/aromatic N) is 1. The van der Waals surface area contributed by atoms with Crippen LogP contribution in [0.25, 0.3) is 0 Å². The lowest BCUT2D eigenvalue weighted by Gasteiger charge is -2.07. The quantitative estimate of drug-likeness (QED) is 0.917. The van der Waals surface area contributed by atoms with E-state index in [9.17, 15) is 17.2 Å². The van der Waals surface area contributed by atoms with Gasteiger partial charge in [-0.15, -0.1) is 0 Å². The first-order valence-electron chi connectivity index (χ1n) is 5.84. The highest BCUT2D eigenvalue weighted by Gasteiger charge is 2.19. The van der Waals surface area contributed by atoms with Gasteiger partial charge in [-0.25, -0.2) is 26.9 Å². The SMILES string of the molecule is O=S(=O)(NCCc1ccccc1F)c1ncccc1F. The van der Waals surface area contributed by atoms with Crippen LogP contribution in [-0.4, -0.2) is 19.9 Å². The number of hydrogen-bond donors (Lipinski definition) is 1. The first-order chi connectivity index (χ1) is 9.50. The number of benzene rings is 1. The predicted octanol–water partition coefficient (Wildman–Crippen LogP) is 1.88. The number of nitrogens with one attached hydrogen (secondary N) is 1. The molecule has 0 unspecified atom stereocenters. The zero-order valence-corrected chi connectivity index (χ0v) is 11.2. The van der Waals surface area contributed by atoms with Crippen molar-refractivity contribution in [3.05, 3.63) is 59.8 Å². The molecule has 1 heterocycles. The van der Waals surface area contributed by atoms with Crippen LogP contribution in [0.2, 0.25) is 0 Å². The van der Waals surface area contributed by atoms with Crippen molar-refractivity contribution in [2.45, 2.75) is 11.4 Å². The monoisotopic (exact) mass is 298 g/mol. The van der Waals surface area contributed by atoms with Crippen LogP contribution in [-0.2, 0) is 16.4 Å². The molecule has 0 fully saturated rings. The van der Waals surface area contributed by atoms with Gasteiger partial charge in [0.2, 0.25) is 5.03 Å². The van der Waals surface area contributed by atoms with E-state index in [1.807, 2.05) is 0 Å². The summed E-state index contributed by atoms with van der Waals surface area (Å²) in [4.78, 5) is 3.49. The minimum absolute atomic E-state index is 0.0424. The number of hydrogen-bond acceptors (Lipinski definition) is 3. The number of aromatic nitrogens is 1. The van der Waals surface area contributed by atoms with Crippen molar-refractivity contribution in [3.8, 4) is 0 Å². The van der Waals surface area contributed by atoms with Crippen LogP contribution in [0.15, 0.2) is 47.6 Å². The molecular formula is C13H12F2N2O2S. The molecule has 2 rings (SSSR count). The second kappa shape index (κ2) is 6.06. The van der Waals surface area contributed by atoms with E-state index < -0.39 is 26.7 Å². The van der Waals surface area contributed by atoms with Gasteiger partial charge in [-0.1, -0.05) is 18.2 Å². The van der Waals surface area contributed by atoms with Crippen molar-refractivity contribution in [1.29, 1.82) is 0 Å². The smallest absolute Gasteiger partial charge is 0.241 e. The summed E-state index contributed by atoms with van der Waals surface area (Å²) >= 11 is 0. The third-order valence-corrected chi connectivity index (χ3v) is 4.02. The molecule has 0 amide bonds. The Morgan fingerprint density at radius 1 is 1.05 bits per heavy atom. The molecule has 0 saturated heterocycles. The molecule has 0 saturated carbocycles. The van der Waals surface area contributed by atoms with Crippen LogP contribution in [0.1, 0.15) is 5.56 Å². The van der Waals surface area contributed by atoms with Crippen molar-refractivity contribution in [1.82, 2.24) is 9.71 Å². The number of pyridine rings is 1. The van der Waals surface area contributed by atoms with Gasteiger partial charge in [0.05, 0.1) is 0 Å². The molecule has 20 heavy (non-hydrogen) atoms. The van der Waals surface area contributed by atoms with Crippen LogP contribution < -0.4 is 4.72 Å². The molecule has 2 aromatic rings. The Labute approximate surface area is 115 Å². The fourth-order valence-electron chi connectivity index (χ4n) is 1.66. The van der Waals surface area contributed by atoms with Gasteiger partial charge in [-0.05, 0) is 30.2 Å². The van der Waals surface area contributed by atoms with E-state index in [1.54, 1.807) is 18.2 Å². The van der Waals surface area contributed by atoms with E-state index in [-0.39, 0.29) is 13.0 Å². The van der Waals surface area contributed by atoms with E-state index in [2.05, 4.69) is 9.71 Å². The maximum atomic E-state index is 13.4. The molecular weight excluding hydrogens is 286 g/mol. The lowest BCUT2D eigenvalue weighted by molar-refractivity contribution is 0.543. The Morgan fingerprint density at radius 2 is 1.75 bits per heavy atom. The number of halogens is 2. The topological polar surface area (TPSA) is 59.1 Å². The van der Waals surface area contributed by atoms with Crippen LogP contribution in [0.3, 0.4) is 0 Å². The van der Waals surface area contributed by atoms with Crippen LogP contribution in [0.5, 0.6) is 0 Å². The lowest BCUT2D eigenvalue weighted by atomic mass is 10.1. The first kappa shape index (κ1) is 14.5. The third-order valence-electron chi connectivity index (χ3n) is 2.62. The molecule has 0 spiro atoms. The zero-order valence-electron chi connectivity index (χ0n) is 10.4. The van der Waals surface area contributed by atoms with Crippen molar-refractivity contribution in [2.24, 2.45) is 0 Å². The second-order valence-electron chi connectivity index (χ2n) is 4.03.